The van der Waals surface area contributed by atoms with Crippen molar-refractivity contribution in [2.24, 2.45) is 0 Å². The first-order valence-electron chi connectivity index (χ1n) is 16.9. The fourth-order valence-electron chi connectivity index (χ4n) is 7.55. The van der Waals surface area contributed by atoms with E-state index in [4.69, 9.17) is 23.8 Å². The minimum Gasteiger partial charge on any atom is -0.456 e. The number of hydrogen-bond donors (Lipinski definition) is 0. The molecule has 6 nitrogen and oxygen atoms in total. The van der Waals surface area contributed by atoms with Crippen molar-refractivity contribution in [3.8, 4) is 39.9 Å². The van der Waals surface area contributed by atoms with E-state index in [9.17, 15) is 0 Å². The summed E-state index contributed by atoms with van der Waals surface area (Å²) in [4.78, 5) is 15.2. The van der Waals surface area contributed by atoms with Gasteiger partial charge >= 0.3 is 0 Å². The molecule has 0 atom stereocenters. The van der Waals surface area contributed by atoms with Gasteiger partial charge < -0.3 is 13.4 Å². The van der Waals surface area contributed by atoms with Crippen molar-refractivity contribution < 1.29 is 8.83 Å². The zero-order valence-electron chi connectivity index (χ0n) is 27.1. The molecule has 0 aliphatic carbocycles. The highest BCUT2D eigenvalue weighted by molar-refractivity contribution is 6.14. The van der Waals surface area contributed by atoms with Crippen LogP contribution in [0.3, 0.4) is 0 Å². The molecule has 238 valence electrons. The highest BCUT2D eigenvalue weighted by Crippen LogP contribution is 2.41. The molecule has 0 amide bonds. The third kappa shape index (κ3) is 4.20. The van der Waals surface area contributed by atoms with Gasteiger partial charge in [0.1, 0.15) is 16.7 Å². The summed E-state index contributed by atoms with van der Waals surface area (Å²) >= 11 is 0. The summed E-state index contributed by atoms with van der Waals surface area (Å²) in [6.07, 6.45) is 0. The average molecular weight is 655 g/mol. The molecule has 7 aromatic carbocycles. The minimum atomic E-state index is 0.534. The van der Waals surface area contributed by atoms with E-state index < -0.39 is 0 Å². The molecule has 0 radical (unpaired) electrons. The molecule has 4 heterocycles. The van der Waals surface area contributed by atoms with Crippen molar-refractivity contribution in [1.82, 2.24) is 19.5 Å². The van der Waals surface area contributed by atoms with Gasteiger partial charge in [0.2, 0.25) is 0 Å². The van der Waals surface area contributed by atoms with Crippen molar-refractivity contribution in [3.05, 3.63) is 158 Å². The van der Waals surface area contributed by atoms with Crippen LogP contribution in [0, 0.1) is 0 Å². The smallest absolute Gasteiger partial charge is 0.167 e. The van der Waals surface area contributed by atoms with Crippen LogP contribution in [0.25, 0.3) is 106 Å². The van der Waals surface area contributed by atoms with Gasteiger partial charge in [0.05, 0.1) is 22.3 Å². The van der Waals surface area contributed by atoms with E-state index in [2.05, 4.69) is 95.6 Å². The van der Waals surface area contributed by atoms with Crippen LogP contribution in [0.5, 0.6) is 0 Å². The normalized spacial score (nSPS) is 11.9. The molecule has 0 N–H and O–H groups in total. The Kier molecular flexibility index (Phi) is 5.86. The van der Waals surface area contributed by atoms with Gasteiger partial charge in [0, 0.05) is 43.4 Å². The molecule has 0 aliphatic rings. The summed E-state index contributed by atoms with van der Waals surface area (Å²) in [7, 11) is 0. The van der Waals surface area contributed by atoms with Crippen molar-refractivity contribution in [2.45, 2.75) is 0 Å². The van der Waals surface area contributed by atoms with E-state index in [0.717, 1.165) is 77.3 Å². The van der Waals surface area contributed by atoms with Crippen molar-refractivity contribution >= 4 is 65.7 Å². The second kappa shape index (κ2) is 10.7. The highest BCUT2D eigenvalue weighted by atomic mass is 16.3. The molecular formula is C45H26N4O2. The molecule has 0 spiro atoms. The monoisotopic (exact) mass is 654 g/mol. The number of rotatable bonds is 4. The number of furan rings is 2. The maximum Gasteiger partial charge on any atom is 0.167 e. The van der Waals surface area contributed by atoms with Crippen LogP contribution in [0.15, 0.2) is 167 Å². The first kappa shape index (κ1) is 27.9. The van der Waals surface area contributed by atoms with E-state index in [-0.39, 0.29) is 0 Å². The fraction of sp³-hybridized carbons (Fsp3) is 0. The molecule has 0 bridgehead atoms. The Morgan fingerprint density at radius 2 is 0.961 bits per heavy atom. The van der Waals surface area contributed by atoms with Crippen LogP contribution < -0.4 is 0 Å². The van der Waals surface area contributed by atoms with Crippen LogP contribution in [0.4, 0.5) is 0 Å². The summed E-state index contributed by atoms with van der Waals surface area (Å²) < 4.78 is 15.5. The Hall–Kier alpha value is -7.05. The summed E-state index contributed by atoms with van der Waals surface area (Å²) in [6.45, 7) is 0. The quantitative estimate of drug-likeness (QED) is 0.189. The molecule has 4 aromatic heterocycles. The Bertz CT molecular complexity index is 3100. The molecule has 6 heteroatoms. The van der Waals surface area contributed by atoms with Crippen LogP contribution in [0.2, 0.25) is 0 Å². The van der Waals surface area contributed by atoms with E-state index >= 15 is 0 Å². The molecule has 0 aliphatic heterocycles. The van der Waals surface area contributed by atoms with Crippen molar-refractivity contribution in [3.63, 3.8) is 0 Å². The number of fused-ring (bicyclic) bond motifs is 9. The Morgan fingerprint density at radius 1 is 0.373 bits per heavy atom. The number of benzene rings is 7. The zero-order valence-corrected chi connectivity index (χ0v) is 27.1. The maximum atomic E-state index is 6.94. The van der Waals surface area contributed by atoms with Gasteiger partial charge in [-0.3, -0.25) is 0 Å². The van der Waals surface area contributed by atoms with Gasteiger partial charge in [0.25, 0.3) is 0 Å². The maximum absolute atomic E-state index is 6.94. The molecular weight excluding hydrogens is 629 g/mol. The molecule has 0 saturated heterocycles. The molecule has 0 saturated carbocycles. The third-order valence-electron chi connectivity index (χ3n) is 9.87. The van der Waals surface area contributed by atoms with Gasteiger partial charge in [-0.05, 0) is 42.5 Å². The summed E-state index contributed by atoms with van der Waals surface area (Å²) in [5, 5.41) is 6.56. The van der Waals surface area contributed by atoms with E-state index in [1.54, 1.807) is 0 Å². The Labute approximate surface area is 290 Å². The van der Waals surface area contributed by atoms with Gasteiger partial charge in [-0.1, -0.05) is 115 Å². The first-order valence-corrected chi connectivity index (χ1v) is 16.9. The molecule has 0 fully saturated rings. The van der Waals surface area contributed by atoms with Gasteiger partial charge in [-0.25, -0.2) is 15.0 Å². The summed E-state index contributed by atoms with van der Waals surface area (Å²) in [5.41, 5.74) is 8.94. The lowest BCUT2D eigenvalue weighted by molar-refractivity contribution is 0.667. The van der Waals surface area contributed by atoms with Crippen LogP contribution in [0.1, 0.15) is 0 Å². The average Bonchev–Trinajstić information content (AvgIpc) is 3.87. The van der Waals surface area contributed by atoms with Crippen LogP contribution in [-0.2, 0) is 0 Å². The third-order valence-corrected chi connectivity index (χ3v) is 9.87. The van der Waals surface area contributed by atoms with Crippen LogP contribution >= 0.6 is 0 Å². The first-order chi connectivity index (χ1) is 25.3. The lowest BCUT2D eigenvalue weighted by Gasteiger charge is -2.09. The number of aromatic nitrogens is 4. The second-order valence-electron chi connectivity index (χ2n) is 12.8. The van der Waals surface area contributed by atoms with Crippen molar-refractivity contribution in [2.75, 3.05) is 0 Å². The van der Waals surface area contributed by atoms with Crippen molar-refractivity contribution in [1.29, 1.82) is 0 Å². The lowest BCUT2D eigenvalue weighted by atomic mass is 10.1. The van der Waals surface area contributed by atoms with E-state index in [0.29, 0.717) is 17.5 Å². The predicted octanol–water partition coefficient (Wildman–Crippen LogP) is 11.8. The highest BCUT2D eigenvalue weighted by Gasteiger charge is 2.21. The SMILES string of the molecule is c1ccc(-c2nc(-c3ccc4c(c3)oc3ccccc34)nc(-c3cccc4c3oc3c(-n5c6ccccc6c6ccccc65)cccc34)n2)cc1. The Balaban J connectivity index is 1.15. The Morgan fingerprint density at radius 3 is 1.75 bits per heavy atom. The summed E-state index contributed by atoms with van der Waals surface area (Å²) in [6, 6.07) is 53.9. The van der Waals surface area contributed by atoms with Gasteiger partial charge in [-0.15, -0.1) is 0 Å². The standard InChI is InChI=1S/C45H26N4O2/c1-2-12-27(13-3-1)43-46-44(28-24-25-32-31-16-6-9-23-39(31)50-40(32)26-28)48-45(47-43)35-19-10-17-33-34-18-11-22-38(42(34)51-41(33)35)49-36-20-7-4-14-29(36)30-15-5-8-21-37(30)49/h1-26H. The zero-order chi connectivity index (χ0) is 33.5. The largest absolute Gasteiger partial charge is 0.456 e. The lowest BCUT2D eigenvalue weighted by Crippen LogP contribution is -2.00. The fourth-order valence-corrected chi connectivity index (χ4v) is 7.55. The van der Waals surface area contributed by atoms with E-state index in [1.165, 1.54) is 10.8 Å². The molecule has 0 unspecified atom stereocenters. The number of para-hydroxylation sites is 5. The van der Waals surface area contributed by atoms with Gasteiger partial charge in [-0.2, -0.15) is 0 Å². The molecule has 51 heavy (non-hydrogen) atoms. The van der Waals surface area contributed by atoms with E-state index in [1.807, 2.05) is 66.7 Å². The second-order valence-corrected chi connectivity index (χ2v) is 12.8. The predicted molar refractivity (Wildman–Crippen MR) is 205 cm³/mol. The molecule has 11 rings (SSSR count). The number of hydrogen-bond acceptors (Lipinski definition) is 5. The molecule has 11 aromatic rings. The van der Waals surface area contributed by atoms with Gasteiger partial charge in [0.15, 0.2) is 23.1 Å². The minimum absolute atomic E-state index is 0.534. The summed E-state index contributed by atoms with van der Waals surface area (Å²) in [5.74, 6) is 1.67. The van der Waals surface area contributed by atoms with Crippen LogP contribution in [-0.4, -0.2) is 19.5 Å². The number of nitrogens with zero attached hydrogens (tertiary/aromatic N) is 4. The topological polar surface area (TPSA) is 69.9 Å².